The molecule has 0 radical (unpaired) electrons. The normalized spacial score (nSPS) is 28.8. The van der Waals surface area contributed by atoms with Crippen molar-refractivity contribution in [2.75, 3.05) is 18.9 Å². The molecule has 164 valence electrons. The standard InChI is InChI=1S/C20H28FN5O4/c1-3-5-6-7-8-9-10-29-17-19(28,4-2)18(30-20(17,21)11-27)26-13-25-14-15(22)23-12-24-16(14)26/h2,12-13,17-18,27-28H,3,5-11H2,1H3,(H2,22,23,24)/t17-,18+,19+,20+/m0/s1. The maximum absolute atomic E-state index is 15.4. The summed E-state index contributed by atoms with van der Waals surface area (Å²) in [6, 6.07) is 0. The van der Waals surface area contributed by atoms with Crippen LogP contribution in [-0.2, 0) is 9.47 Å². The molecule has 10 heteroatoms. The molecule has 0 amide bonds. The Kier molecular flexibility index (Phi) is 6.88. The number of ether oxygens (including phenoxy) is 2. The SMILES string of the molecule is C#C[C@]1(O)[C@H](n2cnc3c(N)ncnc32)O[C@](F)(CO)[C@H]1OCCCCCCCC. The molecule has 9 nitrogen and oxygen atoms in total. The summed E-state index contributed by atoms with van der Waals surface area (Å²) in [4.78, 5) is 12.0. The molecule has 3 heterocycles. The molecule has 0 bridgehead atoms. The van der Waals surface area contributed by atoms with E-state index in [2.05, 4.69) is 27.8 Å². The van der Waals surface area contributed by atoms with Crippen LogP contribution in [0.25, 0.3) is 11.2 Å². The van der Waals surface area contributed by atoms with Crippen molar-refractivity contribution in [1.82, 2.24) is 19.5 Å². The first-order valence-corrected chi connectivity index (χ1v) is 10.1. The highest BCUT2D eigenvalue weighted by Gasteiger charge is 2.66. The monoisotopic (exact) mass is 421 g/mol. The number of anilines is 1. The number of aliphatic hydroxyl groups excluding tert-OH is 1. The van der Waals surface area contributed by atoms with Gasteiger partial charge in [0.25, 0.3) is 5.85 Å². The first-order chi connectivity index (χ1) is 14.4. The molecule has 30 heavy (non-hydrogen) atoms. The average molecular weight is 421 g/mol. The Morgan fingerprint density at radius 1 is 1.30 bits per heavy atom. The minimum absolute atomic E-state index is 0.116. The van der Waals surface area contributed by atoms with Crippen LogP contribution >= 0.6 is 0 Å². The number of unbranched alkanes of at least 4 members (excludes halogenated alkanes) is 5. The van der Waals surface area contributed by atoms with Gasteiger partial charge in [-0.1, -0.05) is 44.9 Å². The van der Waals surface area contributed by atoms with Gasteiger partial charge < -0.3 is 25.4 Å². The maximum atomic E-state index is 15.4. The Labute approximate surface area is 174 Å². The second kappa shape index (κ2) is 9.22. The van der Waals surface area contributed by atoms with Gasteiger partial charge in [-0.25, -0.2) is 19.3 Å². The smallest absolute Gasteiger partial charge is 0.264 e. The molecule has 0 aromatic carbocycles. The number of nitrogen functional groups attached to an aromatic ring is 1. The summed E-state index contributed by atoms with van der Waals surface area (Å²) < 4.78 is 27.8. The molecule has 1 fully saturated rings. The van der Waals surface area contributed by atoms with Crippen LogP contribution in [0.1, 0.15) is 51.7 Å². The van der Waals surface area contributed by atoms with Crippen LogP contribution in [0.15, 0.2) is 12.7 Å². The molecule has 1 aliphatic rings. The first kappa shape index (κ1) is 22.4. The van der Waals surface area contributed by atoms with Crippen LogP contribution < -0.4 is 5.73 Å². The topological polar surface area (TPSA) is 129 Å². The van der Waals surface area contributed by atoms with E-state index in [1.807, 2.05) is 0 Å². The molecule has 0 saturated carbocycles. The lowest BCUT2D eigenvalue weighted by Gasteiger charge is -2.30. The second-order valence-corrected chi connectivity index (χ2v) is 7.49. The summed E-state index contributed by atoms with van der Waals surface area (Å²) in [6.07, 6.45) is 11.1. The van der Waals surface area contributed by atoms with Crippen LogP contribution in [0.5, 0.6) is 0 Å². The summed E-state index contributed by atoms with van der Waals surface area (Å²) in [7, 11) is 0. The molecule has 0 unspecified atom stereocenters. The van der Waals surface area contributed by atoms with Crippen molar-refractivity contribution >= 4 is 17.0 Å². The van der Waals surface area contributed by atoms with Gasteiger partial charge in [-0.2, -0.15) is 0 Å². The summed E-state index contributed by atoms with van der Waals surface area (Å²) in [5.41, 5.74) is 4.04. The number of terminal acetylenes is 1. The summed E-state index contributed by atoms with van der Waals surface area (Å²) in [5.74, 6) is -0.391. The number of hydrogen-bond donors (Lipinski definition) is 3. The van der Waals surface area contributed by atoms with E-state index in [1.165, 1.54) is 23.6 Å². The summed E-state index contributed by atoms with van der Waals surface area (Å²) in [6.45, 7) is 1.26. The van der Waals surface area contributed by atoms with E-state index < -0.39 is 30.4 Å². The zero-order valence-corrected chi connectivity index (χ0v) is 17.0. The van der Waals surface area contributed by atoms with E-state index in [1.54, 1.807) is 0 Å². The largest absolute Gasteiger partial charge is 0.390 e. The van der Waals surface area contributed by atoms with Crippen molar-refractivity contribution in [1.29, 1.82) is 0 Å². The molecule has 3 rings (SSSR count). The van der Waals surface area contributed by atoms with E-state index in [-0.39, 0.29) is 23.6 Å². The van der Waals surface area contributed by atoms with Gasteiger partial charge in [-0.05, 0) is 6.42 Å². The van der Waals surface area contributed by atoms with Crippen LogP contribution in [0, 0.1) is 12.3 Å². The van der Waals surface area contributed by atoms with Crippen molar-refractivity contribution in [3.05, 3.63) is 12.7 Å². The highest BCUT2D eigenvalue weighted by molar-refractivity contribution is 5.81. The van der Waals surface area contributed by atoms with E-state index in [0.29, 0.717) is 6.42 Å². The van der Waals surface area contributed by atoms with Crippen molar-refractivity contribution in [3.8, 4) is 12.3 Å². The Balaban J connectivity index is 1.81. The second-order valence-electron chi connectivity index (χ2n) is 7.49. The zero-order chi connectivity index (χ0) is 21.8. The van der Waals surface area contributed by atoms with Gasteiger partial charge in [-0.15, -0.1) is 6.42 Å². The molecular weight excluding hydrogens is 393 g/mol. The Morgan fingerprint density at radius 2 is 2.03 bits per heavy atom. The molecular formula is C20H28FN5O4. The van der Waals surface area contributed by atoms with Crippen LogP contribution in [0.2, 0.25) is 0 Å². The van der Waals surface area contributed by atoms with Gasteiger partial charge in [-0.3, -0.25) is 4.57 Å². The number of aliphatic hydroxyl groups is 2. The first-order valence-electron chi connectivity index (χ1n) is 10.1. The number of aromatic nitrogens is 4. The highest BCUT2D eigenvalue weighted by Crippen LogP contribution is 2.47. The van der Waals surface area contributed by atoms with Gasteiger partial charge in [0.15, 0.2) is 23.8 Å². The maximum Gasteiger partial charge on any atom is 0.264 e. The third kappa shape index (κ3) is 3.98. The molecule has 0 spiro atoms. The van der Waals surface area contributed by atoms with Crippen molar-refractivity contribution in [2.24, 2.45) is 0 Å². The number of alkyl halides is 1. The Bertz CT molecular complexity index is 903. The van der Waals surface area contributed by atoms with Crippen molar-refractivity contribution < 1.29 is 24.1 Å². The summed E-state index contributed by atoms with van der Waals surface area (Å²) >= 11 is 0. The van der Waals surface area contributed by atoms with Crippen molar-refractivity contribution in [3.63, 3.8) is 0 Å². The molecule has 1 aliphatic heterocycles. The van der Waals surface area contributed by atoms with Crippen LogP contribution in [0.3, 0.4) is 0 Å². The predicted molar refractivity (Wildman–Crippen MR) is 108 cm³/mol. The number of rotatable bonds is 10. The number of hydrogen-bond acceptors (Lipinski definition) is 8. The fourth-order valence-electron chi connectivity index (χ4n) is 3.71. The van der Waals surface area contributed by atoms with E-state index in [4.69, 9.17) is 21.6 Å². The molecule has 4 atom stereocenters. The third-order valence-electron chi connectivity index (χ3n) is 5.34. The minimum atomic E-state index is -2.71. The van der Waals surface area contributed by atoms with Crippen LogP contribution in [-0.4, -0.2) is 60.5 Å². The Hall–Kier alpha value is -2.32. The lowest BCUT2D eigenvalue weighted by molar-refractivity contribution is -0.216. The number of imidazole rings is 1. The van der Waals surface area contributed by atoms with Gasteiger partial charge >= 0.3 is 0 Å². The van der Waals surface area contributed by atoms with Gasteiger partial charge in [0.05, 0.1) is 6.33 Å². The number of halogens is 1. The van der Waals surface area contributed by atoms with E-state index in [9.17, 15) is 10.2 Å². The third-order valence-corrected chi connectivity index (χ3v) is 5.34. The molecule has 0 aliphatic carbocycles. The fourth-order valence-corrected chi connectivity index (χ4v) is 3.71. The lowest BCUT2D eigenvalue weighted by Crippen LogP contribution is -2.51. The van der Waals surface area contributed by atoms with Crippen molar-refractivity contribution in [2.45, 2.75) is 69.2 Å². The lowest BCUT2D eigenvalue weighted by atomic mass is 9.93. The van der Waals surface area contributed by atoms with Gasteiger partial charge in [0.2, 0.25) is 5.60 Å². The van der Waals surface area contributed by atoms with E-state index in [0.717, 1.165) is 25.7 Å². The summed E-state index contributed by atoms with van der Waals surface area (Å²) in [5, 5.41) is 20.9. The van der Waals surface area contributed by atoms with Crippen LogP contribution in [0.4, 0.5) is 10.2 Å². The minimum Gasteiger partial charge on any atom is -0.390 e. The molecule has 1 saturated heterocycles. The number of nitrogens with zero attached hydrogens (tertiary/aromatic N) is 4. The fraction of sp³-hybridized carbons (Fsp3) is 0.650. The molecule has 2 aromatic heterocycles. The number of nitrogens with two attached hydrogens (primary N) is 1. The van der Waals surface area contributed by atoms with Gasteiger partial charge in [0, 0.05) is 6.61 Å². The molecule has 4 N–H and O–H groups in total. The quantitative estimate of drug-likeness (QED) is 0.391. The Morgan fingerprint density at radius 3 is 2.73 bits per heavy atom. The van der Waals surface area contributed by atoms with E-state index >= 15 is 4.39 Å². The predicted octanol–water partition coefficient (Wildman–Crippen LogP) is 1.71. The van der Waals surface area contributed by atoms with Gasteiger partial charge in [0.1, 0.15) is 18.5 Å². The zero-order valence-electron chi connectivity index (χ0n) is 17.0. The average Bonchev–Trinajstić information content (AvgIpc) is 3.27. The number of fused-ring (bicyclic) bond motifs is 1. The highest BCUT2D eigenvalue weighted by atomic mass is 19.2. The molecule has 2 aromatic rings.